The highest BCUT2D eigenvalue weighted by atomic mass is 32.3. The second-order valence-electron chi connectivity index (χ2n) is 4.65. The van der Waals surface area contributed by atoms with Crippen LogP contribution in [0.3, 0.4) is 0 Å². The highest BCUT2D eigenvalue weighted by Gasteiger charge is 2.49. The molecule has 0 aliphatic carbocycles. The van der Waals surface area contributed by atoms with Gasteiger partial charge in [0.05, 0.1) is 6.04 Å². The van der Waals surface area contributed by atoms with Gasteiger partial charge in [-0.2, -0.15) is 21.9 Å². The van der Waals surface area contributed by atoms with E-state index >= 15 is 0 Å². The molecule has 2 heterocycles. The molecule has 0 saturated carbocycles. The quantitative estimate of drug-likeness (QED) is 0.292. The van der Waals surface area contributed by atoms with Gasteiger partial charge in [0.2, 0.25) is 0 Å². The molecule has 3 amide bonds. The van der Waals surface area contributed by atoms with E-state index in [1.165, 1.54) is 0 Å². The Balaban J connectivity index is 2.07. The summed E-state index contributed by atoms with van der Waals surface area (Å²) >= 11 is 0. The number of nitrogens with zero attached hydrogens (tertiary/aromatic N) is 2. The van der Waals surface area contributed by atoms with Gasteiger partial charge in [0.15, 0.2) is 0 Å². The van der Waals surface area contributed by atoms with E-state index in [4.69, 9.17) is 4.55 Å². The van der Waals surface area contributed by atoms with Crippen LogP contribution in [0, 0.1) is 0 Å². The van der Waals surface area contributed by atoms with Crippen LogP contribution >= 0.6 is 0 Å². The van der Waals surface area contributed by atoms with E-state index in [0.717, 1.165) is 4.90 Å². The zero-order valence-electron chi connectivity index (χ0n) is 10.9. The molecule has 0 aromatic rings. The molecule has 13 nitrogen and oxygen atoms in total. The van der Waals surface area contributed by atoms with E-state index in [-0.39, 0.29) is 19.4 Å². The number of hydrogen-bond donors (Lipinski definition) is 4. The number of urea groups is 1. The first-order valence-electron chi connectivity index (χ1n) is 5.84. The summed E-state index contributed by atoms with van der Waals surface area (Å²) in [6, 6.07) is -2.62. The Hall–Kier alpha value is -1.52. The molecule has 0 radical (unpaired) electrons. The van der Waals surface area contributed by atoms with E-state index < -0.39 is 44.6 Å². The molecule has 2 saturated heterocycles. The Morgan fingerprint density at radius 3 is 2.50 bits per heavy atom. The van der Waals surface area contributed by atoms with Crippen LogP contribution in [0.2, 0.25) is 0 Å². The van der Waals surface area contributed by atoms with Crippen molar-refractivity contribution in [3.05, 3.63) is 0 Å². The number of amides is 3. The Kier molecular flexibility index (Phi) is 4.28. The minimum atomic E-state index is -4.88. The SMILES string of the molecule is NS(=O)(=O)NNC(=O)[C@@H]1CCC2CN1C(=O)N2OS(=O)(=O)O. The molecule has 5 N–H and O–H groups in total. The summed E-state index contributed by atoms with van der Waals surface area (Å²) in [4.78, 5) is 26.4. The van der Waals surface area contributed by atoms with Gasteiger partial charge in [-0.25, -0.2) is 9.93 Å². The largest absolute Gasteiger partial charge is 0.418 e. The first kappa shape index (κ1) is 16.8. The summed E-state index contributed by atoms with van der Waals surface area (Å²) in [6.07, 6.45) is 0.352. The van der Waals surface area contributed by atoms with E-state index in [9.17, 15) is 26.4 Å². The molecule has 2 aliphatic rings. The van der Waals surface area contributed by atoms with Crippen LogP contribution in [0.1, 0.15) is 12.8 Å². The summed E-state index contributed by atoms with van der Waals surface area (Å²) in [5.41, 5.74) is 1.84. The zero-order valence-corrected chi connectivity index (χ0v) is 12.5. The van der Waals surface area contributed by atoms with Crippen LogP contribution in [-0.4, -0.2) is 61.9 Å². The smallest absolute Gasteiger partial charge is 0.309 e. The number of hydroxylamine groups is 2. The van der Waals surface area contributed by atoms with E-state index in [1.54, 1.807) is 4.83 Å². The standard InChI is InChI=1S/C7H13N5O8S2/c8-21(15,16)10-9-6(13)5-2-1-4-3-11(5)7(14)12(4)20-22(17,18)19/h4-5,10H,1-3H2,(H,9,13)(H2,8,15,16)(H,17,18,19)/t4?,5-/m0/s1. The third-order valence-electron chi connectivity index (χ3n) is 3.12. The number of piperidine rings is 1. The van der Waals surface area contributed by atoms with E-state index in [1.807, 2.05) is 5.43 Å². The number of fused-ring (bicyclic) bond motifs is 2. The monoisotopic (exact) mass is 359 g/mol. The molecule has 0 aromatic carbocycles. The van der Waals surface area contributed by atoms with Crippen molar-refractivity contribution >= 4 is 32.5 Å². The highest BCUT2D eigenvalue weighted by Crippen LogP contribution is 2.30. The fourth-order valence-corrected chi connectivity index (χ4v) is 2.94. The highest BCUT2D eigenvalue weighted by molar-refractivity contribution is 7.87. The second kappa shape index (κ2) is 5.60. The Labute approximate surface area is 125 Å². The maximum atomic E-state index is 12.0. The predicted octanol–water partition coefficient (Wildman–Crippen LogP) is -3.19. The van der Waals surface area contributed by atoms with Crippen molar-refractivity contribution in [2.45, 2.75) is 24.9 Å². The van der Waals surface area contributed by atoms with Crippen LogP contribution in [-0.2, 0) is 29.7 Å². The Morgan fingerprint density at radius 1 is 1.32 bits per heavy atom. The van der Waals surface area contributed by atoms with Gasteiger partial charge in [-0.15, -0.1) is 9.11 Å². The number of rotatable bonds is 5. The number of hydrazine groups is 1. The second-order valence-corrected chi connectivity index (χ2v) is 6.94. The normalized spacial score (nSPS) is 25.5. The molecule has 2 aliphatic heterocycles. The molecule has 2 fully saturated rings. The molecular formula is C7H13N5O8S2. The average molecular weight is 359 g/mol. The van der Waals surface area contributed by atoms with Crippen molar-refractivity contribution in [3.8, 4) is 0 Å². The number of carbonyl (C=O) groups excluding carboxylic acids is 2. The fraction of sp³-hybridized carbons (Fsp3) is 0.714. The fourth-order valence-electron chi connectivity index (χ4n) is 2.31. The summed E-state index contributed by atoms with van der Waals surface area (Å²) in [7, 11) is -9.03. The lowest BCUT2D eigenvalue weighted by Crippen LogP contribution is -2.55. The van der Waals surface area contributed by atoms with Crippen molar-refractivity contribution in [2.75, 3.05) is 6.54 Å². The zero-order chi connectivity index (χ0) is 16.7. The summed E-state index contributed by atoms with van der Waals surface area (Å²) < 4.78 is 55.6. The van der Waals surface area contributed by atoms with Crippen molar-refractivity contribution in [1.29, 1.82) is 0 Å². The molecule has 0 aromatic heterocycles. The lowest BCUT2D eigenvalue weighted by atomic mass is 10.0. The number of nitrogens with two attached hydrogens (primary N) is 1. The van der Waals surface area contributed by atoms with Gasteiger partial charge in [0.25, 0.3) is 16.1 Å². The van der Waals surface area contributed by atoms with Gasteiger partial charge < -0.3 is 4.90 Å². The van der Waals surface area contributed by atoms with Crippen LogP contribution in [0.4, 0.5) is 4.79 Å². The van der Waals surface area contributed by atoms with Gasteiger partial charge in [-0.1, -0.05) is 0 Å². The van der Waals surface area contributed by atoms with Gasteiger partial charge in [0.1, 0.15) is 6.04 Å². The Morgan fingerprint density at radius 2 is 1.95 bits per heavy atom. The molecule has 0 spiro atoms. The van der Waals surface area contributed by atoms with Crippen molar-refractivity contribution < 1.29 is 35.3 Å². The first-order valence-corrected chi connectivity index (χ1v) is 8.75. The third kappa shape index (κ3) is 3.81. The maximum Gasteiger partial charge on any atom is 0.418 e. The number of carbonyl (C=O) groups is 2. The van der Waals surface area contributed by atoms with Gasteiger partial charge in [-0.05, 0) is 12.8 Å². The third-order valence-corrected chi connectivity index (χ3v) is 3.85. The van der Waals surface area contributed by atoms with Crippen LogP contribution in [0.25, 0.3) is 0 Å². The minimum absolute atomic E-state index is 0.0121. The molecule has 22 heavy (non-hydrogen) atoms. The molecular weight excluding hydrogens is 346 g/mol. The van der Waals surface area contributed by atoms with Crippen molar-refractivity contribution in [1.82, 2.24) is 20.2 Å². The van der Waals surface area contributed by atoms with Crippen molar-refractivity contribution in [2.24, 2.45) is 5.14 Å². The summed E-state index contributed by atoms with van der Waals surface area (Å²) in [5, 5.41) is 5.12. The molecule has 2 bridgehead atoms. The van der Waals surface area contributed by atoms with Gasteiger partial charge in [-0.3, -0.25) is 14.8 Å². The van der Waals surface area contributed by atoms with E-state index in [2.05, 4.69) is 9.42 Å². The number of hydrogen-bond acceptors (Lipinski definition) is 7. The molecule has 126 valence electrons. The summed E-state index contributed by atoms with van der Waals surface area (Å²) in [6.45, 7) is -0.0121. The molecule has 2 rings (SSSR count). The predicted molar refractivity (Wildman–Crippen MR) is 67.8 cm³/mol. The first-order chi connectivity index (χ1) is 9.98. The van der Waals surface area contributed by atoms with Gasteiger partial charge >= 0.3 is 16.4 Å². The average Bonchev–Trinajstić information content (AvgIpc) is 2.59. The topological polar surface area (TPSA) is 188 Å². The molecule has 15 heteroatoms. The lowest BCUT2D eigenvalue weighted by Gasteiger charge is -2.28. The van der Waals surface area contributed by atoms with Crippen LogP contribution in [0.15, 0.2) is 0 Å². The molecule has 1 unspecified atom stereocenters. The Bertz CT molecular complexity index is 690. The van der Waals surface area contributed by atoms with Gasteiger partial charge in [0, 0.05) is 6.54 Å². The van der Waals surface area contributed by atoms with Crippen LogP contribution in [0.5, 0.6) is 0 Å². The lowest BCUT2D eigenvalue weighted by molar-refractivity contribution is -0.126. The molecule has 2 atom stereocenters. The van der Waals surface area contributed by atoms with Crippen LogP contribution < -0.4 is 15.4 Å². The summed E-state index contributed by atoms with van der Waals surface area (Å²) in [5.74, 6) is -0.838. The van der Waals surface area contributed by atoms with E-state index in [0.29, 0.717) is 5.06 Å². The maximum absolute atomic E-state index is 12.0. The minimum Gasteiger partial charge on any atom is -0.309 e. The van der Waals surface area contributed by atoms with Crippen molar-refractivity contribution in [3.63, 3.8) is 0 Å². The number of nitrogens with one attached hydrogen (secondary N) is 2.